The maximum Gasteiger partial charge on any atom is 0.260 e. The van der Waals surface area contributed by atoms with Crippen molar-refractivity contribution >= 4 is 38.6 Å². The van der Waals surface area contributed by atoms with Crippen molar-refractivity contribution in [1.29, 1.82) is 0 Å². The minimum Gasteiger partial charge on any atom is -0.321 e. The van der Waals surface area contributed by atoms with Gasteiger partial charge in [0.25, 0.3) is 5.91 Å². The molecular weight excluding hydrogens is 356 g/mol. The Morgan fingerprint density at radius 1 is 1.22 bits per heavy atom. The maximum atomic E-state index is 12.1. The van der Waals surface area contributed by atoms with Crippen molar-refractivity contribution in [3.8, 4) is 0 Å². The van der Waals surface area contributed by atoms with Gasteiger partial charge < -0.3 is 4.57 Å². The molecule has 0 aliphatic carbocycles. The van der Waals surface area contributed by atoms with Gasteiger partial charge in [0.05, 0.1) is 23.1 Å². The Morgan fingerprint density at radius 2 is 1.96 bits per heavy atom. The number of fused-ring (bicyclic) bond motifs is 1. The minimum atomic E-state index is -0.190. The van der Waals surface area contributed by atoms with Crippen molar-refractivity contribution in [3.05, 3.63) is 64.9 Å². The summed E-state index contributed by atoms with van der Waals surface area (Å²) in [7, 11) is 0. The van der Waals surface area contributed by atoms with E-state index in [2.05, 4.69) is 31.4 Å². The van der Waals surface area contributed by atoms with E-state index in [0.29, 0.717) is 0 Å². The van der Waals surface area contributed by atoms with Crippen molar-refractivity contribution in [2.75, 3.05) is 0 Å². The monoisotopic (exact) mass is 370 g/mol. The first-order valence-corrected chi connectivity index (χ1v) is 7.92. The summed E-state index contributed by atoms with van der Waals surface area (Å²) in [6, 6.07) is 15.5. The van der Waals surface area contributed by atoms with Gasteiger partial charge in [0.1, 0.15) is 6.54 Å². The number of hydrogen-bond donors (Lipinski definition) is 1. The molecule has 0 bridgehead atoms. The van der Waals surface area contributed by atoms with E-state index in [1.807, 2.05) is 55.5 Å². The number of carbonyl (C=O) groups excluding carboxylic acids is 1. The summed E-state index contributed by atoms with van der Waals surface area (Å²) in [6.07, 6.45) is 1.66. The predicted octanol–water partition coefficient (Wildman–Crippen LogP) is 3.34. The largest absolute Gasteiger partial charge is 0.321 e. The van der Waals surface area contributed by atoms with Gasteiger partial charge >= 0.3 is 0 Å². The number of nitrogens with one attached hydrogen (secondary N) is 1. The van der Waals surface area contributed by atoms with E-state index in [0.717, 1.165) is 26.8 Å². The maximum absolute atomic E-state index is 12.1. The quantitative estimate of drug-likeness (QED) is 0.565. The van der Waals surface area contributed by atoms with Crippen molar-refractivity contribution in [3.63, 3.8) is 0 Å². The van der Waals surface area contributed by atoms with Crippen LogP contribution in [0, 0.1) is 0 Å². The van der Waals surface area contributed by atoms with Gasteiger partial charge in [-0.05, 0) is 36.8 Å². The Kier molecular flexibility index (Phi) is 4.52. The number of halogens is 1. The van der Waals surface area contributed by atoms with Gasteiger partial charge in [-0.2, -0.15) is 5.10 Å². The number of benzene rings is 2. The fraction of sp³-hybridized carbons (Fsp3) is 0.118. The molecule has 1 N–H and O–H groups in total. The lowest BCUT2D eigenvalue weighted by molar-refractivity contribution is -0.121. The molecule has 0 saturated carbocycles. The Balaban J connectivity index is 1.67. The zero-order chi connectivity index (χ0) is 16.2. The number of para-hydroxylation sites is 2. The lowest BCUT2D eigenvalue weighted by Gasteiger charge is -2.05. The third-order valence-corrected chi connectivity index (χ3v) is 3.98. The van der Waals surface area contributed by atoms with E-state index >= 15 is 0 Å². The lowest BCUT2D eigenvalue weighted by atomic mass is 10.1. The molecule has 2 aromatic carbocycles. The summed E-state index contributed by atoms with van der Waals surface area (Å²) >= 11 is 3.39. The highest BCUT2D eigenvalue weighted by Gasteiger charge is 2.06. The second kappa shape index (κ2) is 6.75. The topological polar surface area (TPSA) is 59.3 Å². The van der Waals surface area contributed by atoms with E-state index in [1.54, 1.807) is 10.9 Å². The first-order chi connectivity index (χ1) is 11.1. The fourth-order valence-electron chi connectivity index (χ4n) is 2.23. The highest BCUT2D eigenvalue weighted by Crippen LogP contribution is 2.12. The number of nitrogens with zero attached hydrogens (tertiary/aromatic N) is 3. The number of hydrogen-bond acceptors (Lipinski definition) is 3. The van der Waals surface area contributed by atoms with Gasteiger partial charge in [-0.25, -0.2) is 10.4 Å². The zero-order valence-electron chi connectivity index (χ0n) is 12.5. The summed E-state index contributed by atoms with van der Waals surface area (Å²) in [5.74, 6) is -0.190. The second-order valence-corrected chi connectivity index (χ2v) is 6.02. The molecule has 0 aliphatic heterocycles. The molecule has 6 heteroatoms. The van der Waals surface area contributed by atoms with E-state index in [-0.39, 0.29) is 12.5 Å². The molecule has 1 aromatic heterocycles. The van der Waals surface area contributed by atoms with Gasteiger partial charge in [0.2, 0.25) is 0 Å². The molecule has 1 amide bonds. The molecule has 23 heavy (non-hydrogen) atoms. The van der Waals surface area contributed by atoms with Gasteiger partial charge in [-0.3, -0.25) is 4.79 Å². The van der Waals surface area contributed by atoms with Gasteiger partial charge in [0, 0.05) is 4.47 Å². The Bertz CT molecular complexity index is 868. The summed E-state index contributed by atoms with van der Waals surface area (Å²) in [4.78, 5) is 16.3. The number of rotatable bonds is 4. The molecule has 3 aromatic rings. The average Bonchev–Trinajstić information content (AvgIpc) is 2.96. The smallest absolute Gasteiger partial charge is 0.260 e. The summed E-state index contributed by atoms with van der Waals surface area (Å²) in [6.45, 7) is 2.04. The summed E-state index contributed by atoms with van der Waals surface area (Å²) in [5.41, 5.74) is 6.10. The summed E-state index contributed by atoms with van der Waals surface area (Å²) < 4.78 is 2.81. The molecule has 5 nitrogen and oxygen atoms in total. The van der Waals surface area contributed by atoms with E-state index in [1.165, 1.54) is 0 Å². The Hall–Kier alpha value is -2.47. The molecule has 0 spiro atoms. The molecule has 0 atom stereocenters. The summed E-state index contributed by atoms with van der Waals surface area (Å²) in [5, 5.41) is 4.15. The molecular formula is C17H15BrN4O. The predicted molar refractivity (Wildman–Crippen MR) is 94.2 cm³/mol. The van der Waals surface area contributed by atoms with Crippen molar-refractivity contribution in [2.24, 2.45) is 5.10 Å². The molecule has 116 valence electrons. The van der Waals surface area contributed by atoms with Crippen LogP contribution in [-0.2, 0) is 11.3 Å². The molecule has 0 unspecified atom stereocenters. The van der Waals surface area contributed by atoms with Crippen LogP contribution in [0.25, 0.3) is 11.0 Å². The van der Waals surface area contributed by atoms with Crippen LogP contribution in [0.3, 0.4) is 0 Å². The average molecular weight is 371 g/mol. The first kappa shape index (κ1) is 15.4. The third-order valence-electron chi connectivity index (χ3n) is 3.45. The van der Waals surface area contributed by atoms with E-state index < -0.39 is 0 Å². The normalized spacial score (nSPS) is 11.7. The first-order valence-electron chi connectivity index (χ1n) is 7.12. The SMILES string of the molecule is C/C(=N/NC(=O)Cn1cnc2ccccc21)c1ccc(Br)cc1. The molecule has 0 aliphatic rings. The third kappa shape index (κ3) is 3.65. The number of hydrazone groups is 1. The van der Waals surface area contributed by atoms with E-state index in [4.69, 9.17) is 0 Å². The van der Waals surface area contributed by atoms with E-state index in [9.17, 15) is 4.79 Å². The molecule has 0 radical (unpaired) electrons. The van der Waals surface area contributed by atoms with Crippen LogP contribution in [0.5, 0.6) is 0 Å². The number of imidazole rings is 1. The number of carbonyl (C=O) groups is 1. The van der Waals surface area contributed by atoms with Crippen LogP contribution in [0.4, 0.5) is 0 Å². The molecule has 0 fully saturated rings. The van der Waals surface area contributed by atoms with Gasteiger partial charge in [0.15, 0.2) is 0 Å². The highest BCUT2D eigenvalue weighted by molar-refractivity contribution is 9.10. The molecule has 3 rings (SSSR count). The molecule has 1 heterocycles. The van der Waals surface area contributed by atoms with Crippen LogP contribution in [0.15, 0.2) is 64.4 Å². The second-order valence-electron chi connectivity index (χ2n) is 5.10. The Morgan fingerprint density at radius 3 is 2.74 bits per heavy atom. The van der Waals surface area contributed by atoms with Crippen LogP contribution < -0.4 is 5.43 Å². The van der Waals surface area contributed by atoms with Crippen LogP contribution in [0.2, 0.25) is 0 Å². The van der Waals surface area contributed by atoms with Crippen molar-refractivity contribution in [2.45, 2.75) is 13.5 Å². The highest BCUT2D eigenvalue weighted by atomic mass is 79.9. The number of amides is 1. The van der Waals surface area contributed by atoms with Gasteiger partial charge in [-0.15, -0.1) is 0 Å². The number of aromatic nitrogens is 2. The van der Waals surface area contributed by atoms with Crippen LogP contribution >= 0.6 is 15.9 Å². The lowest BCUT2D eigenvalue weighted by Crippen LogP contribution is -2.24. The molecule has 0 saturated heterocycles. The minimum absolute atomic E-state index is 0.178. The van der Waals surface area contributed by atoms with Crippen molar-refractivity contribution in [1.82, 2.24) is 15.0 Å². The van der Waals surface area contributed by atoms with Crippen LogP contribution in [-0.4, -0.2) is 21.2 Å². The van der Waals surface area contributed by atoms with Gasteiger partial charge in [-0.1, -0.05) is 40.2 Å². The standard InChI is InChI=1S/C17H15BrN4O/c1-12(13-6-8-14(18)9-7-13)20-21-17(23)10-22-11-19-15-4-2-3-5-16(15)22/h2-9,11H,10H2,1H3,(H,21,23)/b20-12-. The Labute approximate surface area is 142 Å². The van der Waals surface area contributed by atoms with Crippen molar-refractivity contribution < 1.29 is 4.79 Å². The zero-order valence-corrected chi connectivity index (χ0v) is 14.1. The fourth-order valence-corrected chi connectivity index (χ4v) is 2.49. The van der Waals surface area contributed by atoms with Crippen LogP contribution in [0.1, 0.15) is 12.5 Å².